The maximum absolute atomic E-state index is 12.4. The molecule has 2 aromatic heterocycles. The number of nitriles is 1. The van der Waals surface area contributed by atoms with Gasteiger partial charge in [0.15, 0.2) is 11.4 Å². The summed E-state index contributed by atoms with van der Waals surface area (Å²) in [6.45, 7) is 2.01. The number of aryl methyl sites for hydroxylation is 1. The molecule has 1 N–H and O–H groups in total. The third-order valence-corrected chi connectivity index (χ3v) is 4.40. The minimum Gasteiger partial charge on any atom is -0.356 e. The summed E-state index contributed by atoms with van der Waals surface area (Å²) in [7, 11) is 2.83. The molecule has 144 valence electrons. The number of nitrogens with zero attached hydrogens (tertiary/aromatic N) is 5. The Morgan fingerprint density at radius 2 is 1.93 bits per heavy atom. The van der Waals surface area contributed by atoms with Gasteiger partial charge in [0, 0.05) is 20.5 Å². The first kappa shape index (κ1) is 19.1. The largest absolute Gasteiger partial charge is 0.356 e. The van der Waals surface area contributed by atoms with Crippen LogP contribution in [-0.2, 0) is 20.5 Å². The lowest BCUT2D eigenvalue weighted by Gasteiger charge is -2.20. The molecule has 0 fully saturated rings. The fourth-order valence-electron chi connectivity index (χ4n) is 2.89. The standard InChI is InChI=1S/C19H20N6O3/c1-4-8-14-21-16(23-28-14)15(12-9-6-5-7-10-12)22-17-13(11-20)18(26)25(3)19(27)24(17)2/h5-7,9-10,15,22H,4,8H2,1-3H3/t15-/m0/s1. The molecule has 28 heavy (non-hydrogen) atoms. The lowest BCUT2D eigenvalue weighted by Crippen LogP contribution is -2.40. The first-order valence-electron chi connectivity index (χ1n) is 8.82. The number of aromatic nitrogens is 4. The van der Waals surface area contributed by atoms with Gasteiger partial charge in [-0.15, -0.1) is 0 Å². The topological polar surface area (TPSA) is 119 Å². The number of anilines is 1. The molecule has 0 saturated heterocycles. The molecule has 9 nitrogen and oxygen atoms in total. The van der Waals surface area contributed by atoms with Gasteiger partial charge in [0.25, 0.3) is 5.56 Å². The minimum atomic E-state index is -0.667. The van der Waals surface area contributed by atoms with E-state index in [-0.39, 0.29) is 11.4 Å². The van der Waals surface area contributed by atoms with Gasteiger partial charge in [-0.1, -0.05) is 42.4 Å². The fraction of sp³-hybridized carbons (Fsp3) is 0.316. The molecule has 0 unspecified atom stereocenters. The summed E-state index contributed by atoms with van der Waals surface area (Å²) in [6.07, 6.45) is 1.50. The van der Waals surface area contributed by atoms with Crippen molar-refractivity contribution in [2.24, 2.45) is 14.1 Å². The van der Waals surface area contributed by atoms with E-state index in [1.165, 1.54) is 18.7 Å². The maximum atomic E-state index is 12.4. The molecule has 0 aliphatic heterocycles. The van der Waals surface area contributed by atoms with Crippen LogP contribution in [0.4, 0.5) is 5.82 Å². The summed E-state index contributed by atoms with van der Waals surface area (Å²) in [4.78, 5) is 29.2. The molecule has 1 aromatic carbocycles. The first-order chi connectivity index (χ1) is 13.5. The Morgan fingerprint density at radius 1 is 1.21 bits per heavy atom. The van der Waals surface area contributed by atoms with Gasteiger partial charge in [-0.25, -0.2) is 4.79 Å². The van der Waals surface area contributed by atoms with Crippen molar-refractivity contribution < 1.29 is 4.52 Å². The van der Waals surface area contributed by atoms with Crippen molar-refractivity contribution in [2.75, 3.05) is 5.32 Å². The molecule has 3 rings (SSSR count). The SMILES string of the molecule is CCCc1nc([C@@H](Nc2c(C#N)c(=O)n(C)c(=O)n2C)c2ccccc2)no1. The van der Waals surface area contributed by atoms with Gasteiger partial charge in [-0.3, -0.25) is 13.9 Å². The summed E-state index contributed by atoms with van der Waals surface area (Å²) in [5.74, 6) is 0.955. The average molecular weight is 380 g/mol. The normalized spacial score (nSPS) is 11.8. The zero-order chi connectivity index (χ0) is 20.3. The van der Waals surface area contributed by atoms with Gasteiger partial charge >= 0.3 is 5.69 Å². The van der Waals surface area contributed by atoms with Gasteiger partial charge in [-0.2, -0.15) is 10.2 Å². The molecule has 0 spiro atoms. The second-order valence-corrected chi connectivity index (χ2v) is 6.33. The smallest absolute Gasteiger partial charge is 0.332 e. The van der Waals surface area contributed by atoms with Crippen LogP contribution in [0.25, 0.3) is 0 Å². The molecule has 0 aliphatic carbocycles. The highest BCUT2D eigenvalue weighted by atomic mass is 16.5. The number of benzene rings is 1. The summed E-state index contributed by atoms with van der Waals surface area (Å²) in [6, 6.07) is 10.6. The van der Waals surface area contributed by atoms with E-state index in [0.717, 1.165) is 16.6 Å². The molecule has 0 saturated carbocycles. The predicted octanol–water partition coefficient (Wildman–Crippen LogP) is 1.49. The average Bonchev–Trinajstić information content (AvgIpc) is 3.17. The highest BCUT2D eigenvalue weighted by Crippen LogP contribution is 2.25. The molecule has 3 aromatic rings. The highest BCUT2D eigenvalue weighted by Gasteiger charge is 2.24. The molecule has 0 radical (unpaired) electrons. The molecule has 1 atom stereocenters. The summed E-state index contributed by atoms with van der Waals surface area (Å²) in [5.41, 5.74) is -0.580. The fourth-order valence-corrected chi connectivity index (χ4v) is 2.89. The van der Waals surface area contributed by atoms with E-state index < -0.39 is 17.3 Å². The molecular formula is C19H20N6O3. The number of hydrogen-bond acceptors (Lipinski definition) is 7. The van der Waals surface area contributed by atoms with E-state index >= 15 is 0 Å². The maximum Gasteiger partial charge on any atom is 0.332 e. The van der Waals surface area contributed by atoms with E-state index in [2.05, 4.69) is 15.5 Å². The van der Waals surface area contributed by atoms with Crippen LogP contribution in [0.3, 0.4) is 0 Å². The second kappa shape index (κ2) is 7.92. The van der Waals surface area contributed by atoms with Gasteiger partial charge in [0.2, 0.25) is 5.89 Å². The summed E-state index contributed by atoms with van der Waals surface area (Å²) >= 11 is 0. The Kier molecular flexibility index (Phi) is 5.40. The quantitative estimate of drug-likeness (QED) is 0.688. The third kappa shape index (κ3) is 3.44. The van der Waals surface area contributed by atoms with Gasteiger partial charge < -0.3 is 9.84 Å². The zero-order valence-electron chi connectivity index (χ0n) is 15.8. The van der Waals surface area contributed by atoms with E-state index in [1.54, 1.807) is 0 Å². The van der Waals surface area contributed by atoms with Crippen molar-refractivity contribution in [3.63, 3.8) is 0 Å². The van der Waals surface area contributed by atoms with Gasteiger partial charge in [-0.05, 0) is 12.0 Å². The highest BCUT2D eigenvalue weighted by molar-refractivity contribution is 5.53. The Balaban J connectivity index is 2.15. The van der Waals surface area contributed by atoms with Crippen molar-refractivity contribution >= 4 is 5.82 Å². The van der Waals surface area contributed by atoms with Crippen molar-refractivity contribution in [3.05, 3.63) is 74.0 Å². The first-order valence-corrected chi connectivity index (χ1v) is 8.82. The van der Waals surface area contributed by atoms with E-state index in [1.807, 2.05) is 43.3 Å². The Labute approximate surface area is 160 Å². The molecule has 2 heterocycles. The summed E-state index contributed by atoms with van der Waals surface area (Å²) < 4.78 is 7.42. The van der Waals surface area contributed by atoms with Gasteiger partial charge in [0.05, 0.1) is 0 Å². The van der Waals surface area contributed by atoms with Crippen LogP contribution in [0.5, 0.6) is 0 Å². The summed E-state index contributed by atoms with van der Waals surface area (Å²) in [5, 5.41) is 16.7. The second-order valence-electron chi connectivity index (χ2n) is 6.33. The van der Waals surface area contributed by atoms with E-state index in [4.69, 9.17) is 4.52 Å². The molecule has 0 amide bonds. The lowest BCUT2D eigenvalue weighted by atomic mass is 10.1. The Morgan fingerprint density at radius 3 is 2.57 bits per heavy atom. The van der Waals surface area contributed by atoms with Crippen LogP contribution in [0, 0.1) is 11.3 Å². The monoisotopic (exact) mass is 380 g/mol. The van der Waals surface area contributed by atoms with Crippen molar-refractivity contribution in [1.82, 2.24) is 19.3 Å². The van der Waals surface area contributed by atoms with Crippen molar-refractivity contribution in [2.45, 2.75) is 25.8 Å². The number of rotatable bonds is 6. The van der Waals surface area contributed by atoms with Crippen LogP contribution in [-0.4, -0.2) is 19.3 Å². The van der Waals surface area contributed by atoms with Crippen molar-refractivity contribution in [1.29, 1.82) is 5.26 Å². The minimum absolute atomic E-state index is 0.103. The van der Waals surface area contributed by atoms with E-state index in [0.29, 0.717) is 18.1 Å². The Hall–Kier alpha value is -3.67. The molecular weight excluding hydrogens is 360 g/mol. The van der Waals surface area contributed by atoms with Crippen LogP contribution in [0.15, 0.2) is 44.4 Å². The molecule has 9 heteroatoms. The van der Waals surface area contributed by atoms with Crippen molar-refractivity contribution in [3.8, 4) is 6.07 Å². The number of nitrogens with one attached hydrogen (secondary N) is 1. The van der Waals surface area contributed by atoms with Crippen LogP contribution in [0.2, 0.25) is 0 Å². The van der Waals surface area contributed by atoms with Crippen LogP contribution < -0.4 is 16.6 Å². The zero-order valence-corrected chi connectivity index (χ0v) is 15.8. The van der Waals surface area contributed by atoms with E-state index in [9.17, 15) is 14.9 Å². The van der Waals surface area contributed by atoms with Crippen LogP contribution >= 0.6 is 0 Å². The Bertz CT molecular complexity index is 1140. The van der Waals surface area contributed by atoms with Crippen LogP contribution in [0.1, 0.15) is 42.2 Å². The lowest BCUT2D eigenvalue weighted by molar-refractivity contribution is 0.371. The number of hydrogen-bond donors (Lipinski definition) is 1. The molecule has 0 bridgehead atoms. The third-order valence-electron chi connectivity index (χ3n) is 4.40. The van der Waals surface area contributed by atoms with Gasteiger partial charge in [0.1, 0.15) is 17.9 Å². The molecule has 0 aliphatic rings. The predicted molar refractivity (Wildman–Crippen MR) is 102 cm³/mol.